The molecule has 8 heteroatoms. The van der Waals surface area contributed by atoms with Crippen LogP contribution in [0.25, 0.3) is 11.5 Å². The lowest BCUT2D eigenvalue weighted by molar-refractivity contribution is 0.360. The first kappa shape index (κ1) is 18.1. The van der Waals surface area contributed by atoms with E-state index in [1.165, 1.54) is 12.7 Å². The van der Waals surface area contributed by atoms with E-state index in [1.807, 2.05) is 30.3 Å². The van der Waals surface area contributed by atoms with Crippen LogP contribution in [0, 0.1) is 11.3 Å². The van der Waals surface area contributed by atoms with Gasteiger partial charge in [-0.1, -0.05) is 59.6 Å². The zero-order valence-electron chi connectivity index (χ0n) is 14.4. The maximum atomic E-state index is 9.81. The summed E-state index contributed by atoms with van der Waals surface area (Å²) in [6.45, 7) is 0. The summed E-state index contributed by atoms with van der Waals surface area (Å²) in [6.07, 6.45) is 2.94. The van der Waals surface area contributed by atoms with Crippen LogP contribution >= 0.6 is 23.2 Å². The number of allylic oxidation sites excluding steroid dienone is 2. The number of nitrogens with two attached hydrogens (primary N) is 1. The van der Waals surface area contributed by atoms with Crippen molar-refractivity contribution < 1.29 is 4.74 Å². The average molecular weight is 410 g/mol. The molecule has 28 heavy (non-hydrogen) atoms. The summed E-state index contributed by atoms with van der Waals surface area (Å²) < 4.78 is 7.44. The molecular weight excluding hydrogens is 397 g/mol. The molecule has 2 N–H and O–H groups in total. The second kappa shape index (κ2) is 7.39. The minimum atomic E-state index is -0.611. The minimum Gasteiger partial charge on any atom is -0.438 e. The number of hydrogen-bond donors (Lipinski definition) is 1. The minimum absolute atomic E-state index is 0.0150. The summed E-state index contributed by atoms with van der Waals surface area (Å²) in [5.41, 5.74) is 8.38. The van der Waals surface area contributed by atoms with Crippen LogP contribution in [0.4, 0.5) is 0 Å². The Morgan fingerprint density at radius 1 is 1.14 bits per heavy atom. The van der Waals surface area contributed by atoms with Crippen LogP contribution in [0.15, 0.2) is 72.6 Å². The summed E-state index contributed by atoms with van der Waals surface area (Å²) in [6, 6.07) is 16.7. The van der Waals surface area contributed by atoms with E-state index in [2.05, 4.69) is 16.2 Å². The average Bonchev–Trinajstić information content (AvgIpc) is 3.22. The van der Waals surface area contributed by atoms with Gasteiger partial charge in [-0.15, -0.1) is 0 Å². The highest BCUT2D eigenvalue weighted by atomic mass is 35.5. The van der Waals surface area contributed by atoms with Gasteiger partial charge in [-0.3, -0.25) is 0 Å². The summed E-state index contributed by atoms with van der Waals surface area (Å²) in [5.74, 6) is -0.125. The van der Waals surface area contributed by atoms with E-state index in [0.29, 0.717) is 27.1 Å². The van der Waals surface area contributed by atoms with Crippen LogP contribution in [0.2, 0.25) is 10.0 Å². The maximum Gasteiger partial charge on any atom is 0.205 e. The van der Waals surface area contributed by atoms with Crippen LogP contribution in [-0.4, -0.2) is 14.8 Å². The largest absolute Gasteiger partial charge is 0.438 e. The molecule has 1 aromatic heterocycles. The second-order valence-electron chi connectivity index (χ2n) is 6.01. The molecular formula is C20H13Cl2N5O. The molecule has 0 radical (unpaired) electrons. The third-order valence-electron chi connectivity index (χ3n) is 4.37. The second-order valence-corrected chi connectivity index (χ2v) is 6.85. The molecule has 0 fully saturated rings. The van der Waals surface area contributed by atoms with Crippen molar-refractivity contribution in [2.75, 3.05) is 0 Å². The number of halogens is 2. The summed E-state index contributed by atoms with van der Waals surface area (Å²) in [4.78, 5) is 4.04. The number of benzene rings is 2. The molecule has 2 heterocycles. The predicted molar refractivity (Wildman–Crippen MR) is 107 cm³/mol. The highest BCUT2D eigenvalue weighted by Crippen LogP contribution is 2.46. The molecule has 0 saturated heterocycles. The maximum absolute atomic E-state index is 9.81. The summed E-state index contributed by atoms with van der Waals surface area (Å²) >= 11 is 12.6. The number of ether oxygens (including phenoxy) is 1. The molecule has 0 unspecified atom stereocenters. The van der Waals surface area contributed by atoms with E-state index in [9.17, 15) is 5.26 Å². The highest BCUT2D eigenvalue weighted by molar-refractivity contribution is 6.35. The number of nitriles is 1. The van der Waals surface area contributed by atoms with Crippen molar-refractivity contribution in [3.63, 3.8) is 0 Å². The normalized spacial score (nSPS) is 16.7. The number of rotatable bonds is 3. The highest BCUT2D eigenvalue weighted by Gasteiger charge is 2.36. The molecule has 0 bridgehead atoms. The molecule has 2 aromatic carbocycles. The topological polar surface area (TPSA) is 89.8 Å². The lowest BCUT2D eigenvalue weighted by Crippen LogP contribution is -2.23. The van der Waals surface area contributed by atoms with Crippen LogP contribution in [0.3, 0.4) is 0 Å². The van der Waals surface area contributed by atoms with E-state index in [4.69, 9.17) is 33.7 Å². The molecule has 0 saturated carbocycles. The smallest absolute Gasteiger partial charge is 0.205 e. The van der Waals surface area contributed by atoms with E-state index < -0.39 is 5.92 Å². The van der Waals surface area contributed by atoms with Crippen LogP contribution in [0.1, 0.15) is 17.0 Å². The van der Waals surface area contributed by atoms with Crippen molar-refractivity contribution in [1.29, 1.82) is 5.26 Å². The molecule has 3 aromatic rings. The fraction of sp³-hybridized carbons (Fsp3) is 0.0500. The van der Waals surface area contributed by atoms with Crippen molar-refractivity contribution in [2.45, 2.75) is 5.92 Å². The molecule has 6 nitrogen and oxygen atoms in total. The molecule has 0 spiro atoms. The standard InChI is InChI=1S/C20H13Cl2N5O/c21-13-6-7-14(16(22)8-13)17-15(9-23)20(24)28-19(12-4-2-1-3-5-12)18(17)27-11-25-10-26-27/h1-8,10-11,17H,24H2/t17-/m1/s1. The van der Waals surface area contributed by atoms with E-state index >= 15 is 0 Å². The fourth-order valence-electron chi connectivity index (χ4n) is 3.15. The monoisotopic (exact) mass is 409 g/mol. The Bertz CT molecular complexity index is 1130. The van der Waals surface area contributed by atoms with Crippen molar-refractivity contribution in [1.82, 2.24) is 14.8 Å². The lowest BCUT2D eigenvalue weighted by Gasteiger charge is -2.29. The summed E-state index contributed by atoms with van der Waals surface area (Å²) in [5, 5.41) is 15.0. The fourth-order valence-corrected chi connectivity index (χ4v) is 3.67. The SMILES string of the molecule is N#CC1=C(N)OC(c2ccccc2)=C(n2cncn2)[C@@H]1c1ccc(Cl)cc1Cl. The predicted octanol–water partition coefficient (Wildman–Crippen LogP) is 4.42. The Morgan fingerprint density at radius 2 is 1.93 bits per heavy atom. The zero-order valence-corrected chi connectivity index (χ0v) is 15.9. The zero-order chi connectivity index (χ0) is 19.7. The molecule has 1 aliphatic heterocycles. The lowest BCUT2D eigenvalue weighted by atomic mass is 9.85. The first-order valence-corrected chi connectivity index (χ1v) is 9.03. The number of hydrogen-bond acceptors (Lipinski definition) is 5. The Kier molecular flexibility index (Phi) is 4.78. The van der Waals surface area contributed by atoms with Gasteiger partial charge < -0.3 is 10.5 Å². The molecule has 138 valence electrons. The van der Waals surface area contributed by atoms with Crippen LogP contribution in [-0.2, 0) is 4.74 Å². The number of nitrogens with zero attached hydrogens (tertiary/aromatic N) is 4. The van der Waals surface area contributed by atoms with E-state index in [-0.39, 0.29) is 11.5 Å². The Balaban J connectivity index is 2.04. The number of aromatic nitrogens is 3. The van der Waals surface area contributed by atoms with Gasteiger partial charge in [0.25, 0.3) is 0 Å². The summed E-state index contributed by atoms with van der Waals surface area (Å²) in [7, 11) is 0. The van der Waals surface area contributed by atoms with Gasteiger partial charge in [0.1, 0.15) is 24.3 Å². The Morgan fingerprint density at radius 3 is 2.57 bits per heavy atom. The van der Waals surface area contributed by atoms with Crippen molar-refractivity contribution in [3.8, 4) is 6.07 Å². The van der Waals surface area contributed by atoms with E-state index in [0.717, 1.165) is 5.56 Å². The van der Waals surface area contributed by atoms with Gasteiger partial charge in [-0.25, -0.2) is 9.67 Å². The van der Waals surface area contributed by atoms with Crippen molar-refractivity contribution in [2.24, 2.45) is 5.73 Å². The van der Waals surface area contributed by atoms with Gasteiger partial charge in [0.15, 0.2) is 5.76 Å². The Labute approximate surface area is 171 Å². The van der Waals surface area contributed by atoms with Gasteiger partial charge >= 0.3 is 0 Å². The first-order chi connectivity index (χ1) is 13.6. The van der Waals surface area contributed by atoms with Gasteiger partial charge in [-0.2, -0.15) is 10.4 Å². The van der Waals surface area contributed by atoms with Crippen LogP contribution in [0.5, 0.6) is 0 Å². The van der Waals surface area contributed by atoms with Gasteiger partial charge in [0, 0.05) is 15.6 Å². The molecule has 1 atom stereocenters. The van der Waals surface area contributed by atoms with E-state index in [1.54, 1.807) is 22.9 Å². The third-order valence-corrected chi connectivity index (χ3v) is 4.93. The van der Waals surface area contributed by atoms with Gasteiger partial charge in [0.05, 0.1) is 11.6 Å². The van der Waals surface area contributed by atoms with Gasteiger partial charge in [0.2, 0.25) is 5.88 Å². The van der Waals surface area contributed by atoms with Gasteiger partial charge in [-0.05, 0) is 17.7 Å². The quantitative estimate of drug-likeness (QED) is 0.691. The third kappa shape index (κ3) is 3.11. The van der Waals surface area contributed by atoms with Crippen LogP contribution < -0.4 is 5.73 Å². The molecule has 0 aliphatic carbocycles. The first-order valence-electron chi connectivity index (χ1n) is 8.27. The Hall–Kier alpha value is -3.27. The molecule has 1 aliphatic rings. The molecule has 4 rings (SSSR count). The van der Waals surface area contributed by atoms with Crippen molar-refractivity contribution >= 4 is 34.7 Å². The van der Waals surface area contributed by atoms with Crippen molar-refractivity contribution in [3.05, 3.63) is 93.8 Å². The molecule has 0 amide bonds.